The van der Waals surface area contributed by atoms with Crippen LogP contribution < -0.4 is 5.32 Å². The van der Waals surface area contributed by atoms with Gasteiger partial charge in [-0.25, -0.2) is 22.0 Å². The normalized spacial score (nSPS) is 19.5. The lowest BCUT2D eigenvalue weighted by Crippen LogP contribution is -2.38. The Balaban J connectivity index is 1.31. The molecule has 248 valence electrons. The van der Waals surface area contributed by atoms with Crippen LogP contribution in [-0.2, 0) is 22.6 Å². The van der Waals surface area contributed by atoms with Gasteiger partial charge in [0, 0.05) is 29.5 Å². The van der Waals surface area contributed by atoms with Crippen LogP contribution in [-0.4, -0.2) is 40.3 Å². The van der Waals surface area contributed by atoms with Gasteiger partial charge < -0.3 is 25.0 Å². The number of nitrogens with one attached hydrogen (secondary N) is 1. The van der Waals surface area contributed by atoms with Crippen molar-refractivity contribution in [1.82, 2.24) is 5.32 Å². The van der Waals surface area contributed by atoms with E-state index < -0.39 is 46.8 Å². The fraction of sp³-hybridized carbons (Fsp3) is 0.286. The molecule has 1 heterocycles. The Labute approximate surface area is 272 Å². The maximum Gasteiger partial charge on any atom is 0.257 e. The second-order valence-corrected chi connectivity index (χ2v) is 12.2. The zero-order chi connectivity index (χ0) is 33.7. The van der Waals surface area contributed by atoms with E-state index in [-0.39, 0.29) is 37.9 Å². The first-order valence-corrected chi connectivity index (χ1v) is 16.0. The number of carbonyl (C=O) groups excluding carboxylic acids is 1. The summed E-state index contributed by atoms with van der Waals surface area (Å²) in [6.45, 7) is 1.84. The van der Waals surface area contributed by atoms with E-state index in [9.17, 15) is 37.0 Å². The van der Waals surface area contributed by atoms with E-state index in [0.29, 0.717) is 17.1 Å². The second kappa shape index (κ2) is 15.4. The van der Waals surface area contributed by atoms with Crippen LogP contribution in [0.5, 0.6) is 0 Å². The third-order valence-corrected chi connectivity index (χ3v) is 9.01. The molecule has 0 unspecified atom stereocenters. The average molecular weight is 674 g/mol. The topological polar surface area (TPSA) is 88.0 Å². The summed E-state index contributed by atoms with van der Waals surface area (Å²) < 4.78 is 81.5. The van der Waals surface area contributed by atoms with Gasteiger partial charge >= 0.3 is 0 Å². The molecule has 1 saturated heterocycles. The van der Waals surface area contributed by atoms with Gasteiger partial charge in [0.15, 0.2) is 29.6 Å². The van der Waals surface area contributed by atoms with Crippen LogP contribution in [0.25, 0.3) is 11.1 Å². The van der Waals surface area contributed by atoms with Crippen LogP contribution >= 0.6 is 11.8 Å². The van der Waals surface area contributed by atoms with E-state index in [0.717, 1.165) is 27.8 Å². The van der Waals surface area contributed by atoms with Gasteiger partial charge in [0.25, 0.3) is 5.91 Å². The molecule has 0 radical (unpaired) electrons. The molecule has 0 aliphatic carbocycles. The molecule has 1 aliphatic heterocycles. The highest BCUT2D eigenvalue weighted by atomic mass is 32.2. The van der Waals surface area contributed by atoms with Crippen LogP contribution in [0.4, 0.5) is 22.0 Å². The number of amides is 1. The number of halogens is 5. The monoisotopic (exact) mass is 673 g/mol. The number of hydrogen-bond acceptors (Lipinski definition) is 6. The Morgan fingerprint density at radius 1 is 0.787 bits per heavy atom. The smallest absolute Gasteiger partial charge is 0.257 e. The molecule has 12 heteroatoms. The lowest BCUT2D eigenvalue weighted by Gasteiger charge is -2.41. The quantitative estimate of drug-likeness (QED) is 0.0689. The van der Waals surface area contributed by atoms with E-state index in [2.05, 4.69) is 12.2 Å². The highest BCUT2D eigenvalue weighted by molar-refractivity contribution is 7.99. The van der Waals surface area contributed by atoms with Gasteiger partial charge in [0.2, 0.25) is 5.82 Å². The van der Waals surface area contributed by atoms with Gasteiger partial charge in [0.1, 0.15) is 5.56 Å². The Bertz CT molecular complexity index is 1680. The van der Waals surface area contributed by atoms with Crippen molar-refractivity contribution in [2.75, 3.05) is 18.1 Å². The minimum atomic E-state index is -2.34. The van der Waals surface area contributed by atoms with Crippen molar-refractivity contribution >= 4 is 17.7 Å². The van der Waals surface area contributed by atoms with Crippen LogP contribution in [0.1, 0.15) is 51.9 Å². The lowest BCUT2D eigenvalue weighted by atomic mass is 9.91. The summed E-state index contributed by atoms with van der Waals surface area (Å²) in [5.74, 6) is -11.3. The highest BCUT2D eigenvalue weighted by Gasteiger charge is 2.38. The van der Waals surface area contributed by atoms with E-state index in [1.165, 1.54) is 0 Å². The van der Waals surface area contributed by atoms with E-state index in [1.54, 1.807) is 30.0 Å². The molecule has 4 aromatic carbocycles. The molecule has 0 bridgehead atoms. The van der Waals surface area contributed by atoms with Gasteiger partial charge in [0.05, 0.1) is 25.4 Å². The van der Waals surface area contributed by atoms with Crippen molar-refractivity contribution in [3.63, 3.8) is 0 Å². The van der Waals surface area contributed by atoms with Gasteiger partial charge in [-0.15, -0.1) is 0 Å². The summed E-state index contributed by atoms with van der Waals surface area (Å²) in [6.07, 6.45) is -1.12. The van der Waals surface area contributed by atoms with Gasteiger partial charge in [-0.2, -0.15) is 11.8 Å². The Morgan fingerprint density at radius 2 is 1.43 bits per heavy atom. The number of aliphatic hydroxyl groups excluding tert-OH is 2. The maximum absolute atomic E-state index is 14.1. The maximum atomic E-state index is 14.1. The zero-order valence-corrected chi connectivity index (χ0v) is 26.0. The Hall–Kier alpha value is -3.81. The Kier molecular flexibility index (Phi) is 11.3. The van der Waals surface area contributed by atoms with Crippen LogP contribution in [0, 0.1) is 35.0 Å². The molecule has 0 aromatic heterocycles. The number of ether oxygens (including phenoxy) is 2. The van der Waals surface area contributed by atoms with Crippen molar-refractivity contribution in [1.29, 1.82) is 0 Å². The fourth-order valence-electron chi connectivity index (χ4n) is 5.34. The van der Waals surface area contributed by atoms with Crippen molar-refractivity contribution in [2.45, 2.75) is 38.6 Å². The number of aliphatic hydroxyl groups is 2. The zero-order valence-electron chi connectivity index (χ0n) is 25.2. The standard InChI is InChI=1S/C35H32F5NO5S/c1-19-26(18-47-14-13-42)45-35(46-33(19)23-7-5-20(17-43)6-8-23)24-11-9-22(10-12-24)25-4-2-3-21(15-25)16-41-34(44)27-28(36)30(38)32(40)31(39)29(27)37/h2-12,15,19,26,33,35,42-43H,13-14,16-18H2,1H3,(H,41,44)/t19-,26+,33+,35+/m1/s1. The third-order valence-electron chi connectivity index (χ3n) is 7.97. The lowest BCUT2D eigenvalue weighted by molar-refractivity contribution is -0.268. The van der Waals surface area contributed by atoms with E-state index in [1.807, 2.05) is 54.6 Å². The minimum absolute atomic E-state index is 0.00835. The second-order valence-electron chi connectivity index (χ2n) is 11.1. The molecule has 4 aromatic rings. The molecule has 47 heavy (non-hydrogen) atoms. The van der Waals surface area contributed by atoms with Crippen molar-refractivity contribution in [3.05, 3.63) is 130 Å². The predicted molar refractivity (Wildman–Crippen MR) is 167 cm³/mol. The number of benzene rings is 4. The summed E-state index contributed by atoms with van der Waals surface area (Å²) in [4.78, 5) is 12.4. The third kappa shape index (κ3) is 7.68. The largest absolute Gasteiger partial charge is 0.396 e. The number of carbonyl (C=O) groups is 1. The summed E-state index contributed by atoms with van der Waals surface area (Å²) in [5.41, 5.74) is 3.06. The fourth-order valence-corrected chi connectivity index (χ4v) is 6.25. The van der Waals surface area contributed by atoms with Gasteiger partial charge in [-0.1, -0.05) is 73.7 Å². The van der Waals surface area contributed by atoms with Gasteiger partial charge in [-0.05, 0) is 33.9 Å². The first kappa shape index (κ1) is 34.5. The van der Waals surface area contributed by atoms with Crippen molar-refractivity contribution in [2.24, 2.45) is 5.92 Å². The number of rotatable bonds is 11. The molecule has 1 fully saturated rings. The minimum Gasteiger partial charge on any atom is -0.396 e. The summed E-state index contributed by atoms with van der Waals surface area (Å²) >= 11 is 1.60. The Morgan fingerprint density at radius 3 is 2.06 bits per heavy atom. The van der Waals surface area contributed by atoms with E-state index in [4.69, 9.17) is 9.47 Å². The van der Waals surface area contributed by atoms with Crippen LogP contribution in [0.2, 0.25) is 0 Å². The molecule has 0 spiro atoms. The molecule has 4 atom stereocenters. The number of hydrogen-bond donors (Lipinski definition) is 3. The molecule has 1 amide bonds. The van der Waals surface area contributed by atoms with E-state index >= 15 is 0 Å². The summed E-state index contributed by atoms with van der Waals surface area (Å²) in [7, 11) is 0. The summed E-state index contributed by atoms with van der Waals surface area (Å²) in [6, 6.07) is 22.0. The van der Waals surface area contributed by atoms with Crippen molar-refractivity contribution < 1.29 is 46.4 Å². The summed E-state index contributed by atoms with van der Waals surface area (Å²) in [5, 5.41) is 20.9. The SMILES string of the molecule is C[C@@H]1[C@H](CSCCO)O[C@H](c2ccc(-c3cccc(CNC(=O)c4c(F)c(F)c(F)c(F)c4F)c3)cc2)O[C@@H]1c1ccc(CO)cc1. The van der Waals surface area contributed by atoms with Crippen LogP contribution in [0.3, 0.4) is 0 Å². The molecule has 6 nitrogen and oxygen atoms in total. The predicted octanol–water partition coefficient (Wildman–Crippen LogP) is 6.99. The highest BCUT2D eigenvalue weighted by Crippen LogP contribution is 2.42. The molecule has 0 saturated carbocycles. The molecule has 5 rings (SSSR count). The average Bonchev–Trinajstić information content (AvgIpc) is 3.10. The van der Waals surface area contributed by atoms with Crippen molar-refractivity contribution in [3.8, 4) is 11.1 Å². The molecular formula is C35H32F5NO5S. The molecule has 3 N–H and O–H groups in total. The van der Waals surface area contributed by atoms with Crippen LogP contribution in [0.15, 0.2) is 72.8 Å². The first-order valence-electron chi connectivity index (χ1n) is 14.8. The van der Waals surface area contributed by atoms with Gasteiger partial charge in [-0.3, -0.25) is 4.79 Å². The molecular weight excluding hydrogens is 641 g/mol. The number of thioether (sulfide) groups is 1. The first-order chi connectivity index (χ1) is 22.6. The molecule has 1 aliphatic rings.